The lowest BCUT2D eigenvalue weighted by Gasteiger charge is -2.19. The topological polar surface area (TPSA) is 70.4 Å². The van der Waals surface area contributed by atoms with E-state index in [4.69, 9.17) is 10.00 Å². The van der Waals surface area contributed by atoms with Gasteiger partial charge in [-0.2, -0.15) is 9.57 Å². The number of nitrogens with zero attached hydrogens (tertiary/aromatic N) is 2. The summed E-state index contributed by atoms with van der Waals surface area (Å²) < 4.78 is 29.7. The number of sulfonamides is 1. The van der Waals surface area contributed by atoms with Crippen LogP contribution in [0.4, 0.5) is 0 Å². The van der Waals surface area contributed by atoms with Crippen molar-refractivity contribution in [3.63, 3.8) is 0 Å². The fourth-order valence-electron chi connectivity index (χ4n) is 1.38. The zero-order valence-electron chi connectivity index (χ0n) is 8.14. The van der Waals surface area contributed by atoms with Gasteiger partial charge in [-0.3, -0.25) is 0 Å². The summed E-state index contributed by atoms with van der Waals surface area (Å²) in [5.41, 5.74) is 0. The van der Waals surface area contributed by atoms with Crippen molar-refractivity contribution < 1.29 is 13.2 Å². The van der Waals surface area contributed by atoms with Crippen LogP contribution >= 0.6 is 0 Å². The molecule has 80 valence electrons. The summed E-state index contributed by atoms with van der Waals surface area (Å²) in [4.78, 5) is 0. The lowest BCUT2D eigenvalue weighted by atomic mass is 10.4. The molecule has 0 aromatic carbocycles. The van der Waals surface area contributed by atoms with Crippen molar-refractivity contribution in [2.45, 2.75) is 19.4 Å². The molecule has 0 aromatic rings. The Hall–Kier alpha value is -0.640. The van der Waals surface area contributed by atoms with Gasteiger partial charge in [0.25, 0.3) is 0 Å². The van der Waals surface area contributed by atoms with Crippen LogP contribution in [0.15, 0.2) is 0 Å². The summed E-state index contributed by atoms with van der Waals surface area (Å²) in [5, 5.41) is 8.38. The lowest BCUT2D eigenvalue weighted by Crippen LogP contribution is -2.37. The molecule has 1 unspecified atom stereocenters. The molecule has 0 saturated carbocycles. The highest BCUT2D eigenvalue weighted by atomic mass is 32.2. The minimum atomic E-state index is -3.40. The normalized spacial score (nSPS) is 25.3. The fourth-order valence-corrected chi connectivity index (χ4v) is 2.57. The van der Waals surface area contributed by atoms with Gasteiger partial charge in [0.1, 0.15) is 0 Å². The average Bonchev–Trinajstić information content (AvgIpc) is 2.30. The Labute approximate surface area is 84.3 Å². The van der Waals surface area contributed by atoms with Gasteiger partial charge in [0, 0.05) is 19.7 Å². The van der Waals surface area contributed by atoms with Crippen molar-refractivity contribution in [3.8, 4) is 6.07 Å². The first-order valence-electron chi connectivity index (χ1n) is 4.52. The molecule has 0 aromatic heterocycles. The van der Waals surface area contributed by atoms with E-state index in [0.717, 1.165) is 0 Å². The van der Waals surface area contributed by atoms with Gasteiger partial charge in [0.15, 0.2) is 5.75 Å². The van der Waals surface area contributed by atoms with Gasteiger partial charge >= 0.3 is 0 Å². The van der Waals surface area contributed by atoms with Crippen LogP contribution in [-0.4, -0.2) is 44.3 Å². The number of nitriles is 1. The standard InChI is InChI=1S/C8H14N2O3S/c1-8-7-10(4-2-5-13-8)14(11,12)6-3-9/h8H,2,4-7H2,1H3. The smallest absolute Gasteiger partial charge is 0.227 e. The minimum Gasteiger partial charge on any atom is -0.377 e. The van der Waals surface area contributed by atoms with Gasteiger partial charge in [0.05, 0.1) is 12.2 Å². The third-order valence-electron chi connectivity index (χ3n) is 2.06. The molecule has 1 aliphatic heterocycles. The van der Waals surface area contributed by atoms with Crippen molar-refractivity contribution in [1.29, 1.82) is 5.26 Å². The second kappa shape index (κ2) is 4.73. The fraction of sp³-hybridized carbons (Fsp3) is 0.875. The van der Waals surface area contributed by atoms with E-state index in [1.54, 1.807) is 6.07 Å². The zero-order chi connectivity index (χ0) is 10.6. The van der Waals surface area contributed by atoms with Crippen LogP contribution in [-0.2, 0) is 14.8 Å². The van der Waals surface area contributed by atoms with Gasteiger partial charge in [-0.25, -0.2) is 8.42 Å². The first kappa shape index (κ1) is 11.4. The molecule has 0 bridgehead atoms. The van der Waals surface area contributed by atoms with Crippen molar-refractivity contribution in [2.24, 2.45) is 0 Å². The van der Waals surface area contributed by atoms with Crippen LogP contribution in [0.5, 0.6) is 0 Å². The molecule has 0 aliphatic carbocycles. The molecular weight excluding hydrogens is 204 g/mol. The molecular formula is C8H14N2O3S. The van der Waals surface area contributed by atoms with Crippen molar-refractivity contribution in [3.05, 3.63) is 0 Å². The molecule has 6 heteroatoms. The van der Waals surface area contributed by atoms with E-state index in [2.05, 4.69) is 0 Å². The predicted molar refractivity (Wildman–Crippen MR) is 51.0 cm³/mol. The summed E-state index contributed by atoms with van der Waals surface area (Å²) in [7, 11) is -3.40. The van der Waals surface area contributed by atoms with Crippen LogP contribution < -0.4 is 0 Å². The molecule has 1 saturated heterocycles. The summed E-state index contributed by atoms with van der Waals surface area (Å²) >= 11 is 0. The van der Waals surface area contributed by atoms with Crippen molar-refractivity contribution in [2.75, 3.05) is 25.4 Å². The second-order valence-electron chi connectivity index (χ2n) is 3.31. The number of ether oxygens (including phenoxy) is 1. The lowest BCUT2D eigenvalue weighted by molar-refractivity contribution is 0.0752. The summed E-state index contributed by atoms with van der Waals surface area (Å²) in [6.45, 7) is 3.22. The molecule has 14 heavy (non-hydrogen) atoms. The van der Waals surface area contributed by atoms with Crippen LogP contribution in [0, 0.1) is 11.3 Å². The number of hydrogen-bond acceptors (Lipinski definition) is 4. The third kappa shape index (κ3) is 2.94. The molecule has 0 radical (unpaired) electrons. The van der Waals surface area contributed by atoms with Crippen LogP contribution in [0.2, 0.25) is 0 Å². The highest BCUT2D eigenvalue weighted by molar-refractivity contribution is 7.89. The molecule has 0 amide bonds. The van der Waals surface area contributed by atoms with Gasteiger partial charge in [0.2, 0.25) is 10.0 Å². The Bertz CT molecular complexity index is 320. The second-order valence-corrected chi connectivity index (χ2v) is 5.28. The Morgan fingerprint density at radius 2 is 2.36 bits per heavy atom. The Morgan fingerprint density at radius 1 is 1.64 bits per heavy atom. The Balaban J connectivity index is 2.71. The van der Waals surface area contributed by atoms with E-state index < -0.39 is 15.8 Å². The van der Waals surface area contributed by atoms with E-state index >= 15 is 0 Å². The van der Waals surface area contributed by atoms with Crippen LogP contribution in [0.1, 0.15) is 13.3 Å². The van der Waals surface area contributed by atoms with Gasteiger partial charge in [-0.15, -0.1) is 0 Å². The molecule has 1 fully saturated rings. The Morgan fingerprint density at radius 3 is 3.00 bits per heavy atom. The number of hydrogen-bond donors (Lipinski definition) is 0. The summed E-state index contributed by atoms with van der Waals surface area (Å²) in [6, 6.07) is 1.67. The highest BCUT2D eigenvalue weighted by Crippen LogP contribution is 2.10. The van der Waals surface area contributed by atoms with E-state index in [0.29, 0.717) is 26.1 Å². The summed E-state index contributed by atoms with van der Waals surface area (Å²) in [5.74, 6) is -0.445. The first-order chi connectivity index (χ1) is 6.56. The first-order valence-corrected chi connectivity index (χ1v) is 6.13. The monoisotopic (exact) mass is 218 g/mol. The molecule has 1 heterocycles. The molecule has 0 N–H and O–H groups in total. The number of rotatable bonds is 2. The van der Waals surface area contributed by atoms with E-state index in [1.165, 1.54) is 4.31 Å². The van der Waals surface area contributed by atoms with E-state index in [1.807, 2.05) is 6.92 Å². The SMILES string of the molecule is CC1CN(S(=O)(=O)CC#N)CCCO1. The van der Waals surface area contributed by atoms with Crippen molar-refractivity contribution >= 4 is 10.0 Å². The summed E-state index contributed by atoms with van der Waals surface area (Å²) in [6.07, 6.45) is 0.598. The molecule has 1 atom stereocenters. The van der Waals surface area contributed by atoms with E-state index in [-0.39, 0.29) is 6.10 Å². The van der Waals surface area contributed by atoms with Gasteiger partial charge < -0.3 is 4.74 Å². The van der Waals surface area contributed by atoms with Gasteiger partial charge in [-0.1, -0.05) is 0 Å². The molecule has 1 rings (SSSR count). The average molecular weight is 218 g/mol. The molecule has 5 nitrogen and oxygen atoms in total. The van der Waals surface area contributed by atoms with E-state index in [9.17, 15) is 8.42 Å². The molecule has 0 spiro atoms. The minimum absolute atomic E-state index is 0.0917. The maximum absolute atomic E-state index is 11.5. The van der Waals surface area contributed by atoms with Crippen LogP contribution in [0.25, 0.3) is 0 Å². The Kier molecular flexibility index (Phi) is 3.86. The van der Waals surface area contributed by atoms with Crippen LogP contribution in [0.3, 0.4) is 0 Å². The zero-order valence-corrected chi connectivity index (χ0v) is 8.96. The third-order valence-corrected chi connectivity index (χ3v) is 3.67. The maximum atomic E-state index is 11.5. The predicted octanol–water partition coefficient (Wildman–Crippen LogP) is -0.0494. The van der Waals surface area contributed by atoms with Gasteiger partial charge in [-0.05, 0) is 13.3 Å². The highest BCUT2D eigenvalue weighted by Gasteiger charge is 2.25. The van der Waals surface area contributed by atoms with Crippen molar-refractivity contribution in [1.82, 2.24) is 4.31 Å². The largest absolute Gasteiger partial charge is 0.377 e. The quantitative estimate of drug-likeness (QED) is 0.651. The maximum Gasteiger partial charge on any atom is 0.227 e. The molecule has 1 aliphatic rings.